The Morgan fingerprint density at radius 2 is 2.50 bits per heavy atom. The third kappa shape index (κ3) is 2.73. The van der Waals surface area contributed by atoms with E-state index < -0.39 is 4.92 Å². The van der Waals surface area contributed by atoms with Crippen molar-refractivity contribution in [1.82, 2.24) is 9.88 Å². The smallest absolute Gasteiger partial charge is 0.375 e. The molecule has 1 aromatic rings. The predicted molar refractivity (Wildman–Crippen MR) is 73.7 cm³/mol. The molecule has 0 amide bonds. The number of aromatic nitrogens is 1. The van der Waals surface area contributed by atoms with Gasteiger partial charge >= 0.3 is 5.82 Å². The van der Waals surface area contributed by atoms with E-state index in [0.29, 0.717) is 18.3 Å². The quantitative estimate of drug-likeness (QED) is 0.660. The van der Waals surface area contributed by atoms with Gasteiger partial charge < -0.3 is 20.2 Å². The summed E-state index contributed by atoms with van der Waals surface area (Å²) in [4.78, 5) is 16.6. The number of hydrogen-bond acceptors (Lipinski definition) is 6. The molecular weight excluding hydrogens is 260 g/mol. The molecule has 3 rings (SSSR count). The molecule has 2 aliphatic heterocycles. The minimum atomic E-state index is -0.472. The fourth-order valence-electron chi connectivity index (χ4n) is 2.91. The number of fused-ring (bicyclic) bond motifs is 1. The molecule has 3 heterocycles. The van der Waals surface area contributed by atoms with Crippen LogP contribution in [0.5, 0.6) is 0 Å². The highest BCUT2D eigenvalue weighted by atomic mass is 16.6. The molecule has 2 saturated heterocycles. The van der Waals surface area contributed by atoms with Crippen molar-refractivity contribution in [3.8, 4) is 0 Å². The Hall–Kier alpha value is -1.73. The van der Waals surface area contributed by atoms with Crippen molar-refractivity contribution >= 4 is 11.5 Å². The second-order valence-corrected chi connectivity index (χ2v) is 5.26. The number of nitrogens with zero attached hydrogens (tertiary/aromatic N) is 3. The molecule has 2 aliphatic rings. The van der Waals surface area contributed by atoms with Gasteiger partial charge in [-0.1, -0.05) is 0 Å². The molecule has 20 heavy (non-hydrogen) atoms. The fourth-order valence-corrected chi connectivity index (χ4v) is 2.91. The number of anilines is 1. The lowest BCUT2D eigenvalue weighted by Gasteiger charge is -2.35. The van der Waals surface area contributed by atoms with Crippen LogP contribution in [0.25, 0.3) is 0 Å². The molecule has 2 atom stereocenters. The Kier molecular flexibility index (Phi) is 3.79. The molecule has 108 valence electrons. The second kappa shape index (κ2) is 5.72. The summed E-state index contributed by atoms with van der Waals surface area (Å²) in [5, 5.41) is 14.0. The summed E-state index contributed by atoms with van der Waals surface area (Å²) in [6.07, 6.45) is 3.95. The van der Waals surface area contributed by atoms with E-state index in [2.05, 4.69) is 15.2 Å². The third-order valence-corrected chi connectivity index (χ3v) is 3.94. The van der Waals surface area contributed by atoms with Crippen LogP contribution in [-0.2, 0) is 4.74 Å². The average Bonchev–Trinajstić information content (AvgIpc) is 2.92. The summed E-state index contributed by atoms with van der Waals surface area (Å²) in [7, 11) is 0. The van der Waals surface area contributed by atoms with E-state index in [-0.39, 0.29) is 11.9 Å². The van der Waals surface area contributed by atoms with Crippen LogP contribution in [-0.4, -0.2) is 53.2 Å². The van der Waals surface area contributed by atoms with Crippen LogP contribution in [0.1, 0.15) is 12.8 Å². The number of nitrogens with one attached hydrogen (secondary N) is 1. The summed E-state index contributed by atoms with van der Waals surface area (Å²) in [6.45, 7) is 3.36. The maximum atomic E-state index is 10.9. The van der Waals surface area contributed by atoms with Crippen LogP contribution < -0.4 is 5.32 Å². The van der Waals surface area contributed by atoms with Crippen LogP contribution in [0.15, 0.2) is 18.3 Å². The average molecular weight is 278 g/mol. The maximum absolute atomic E-state index is 10.9. The molecule has 2 unspecified atom stereocenters. The molecular formula is C13H18N4O3. The van der Waals surface area contributed by atoms with Crippen molar-refractivity contribution in [1.29, 1.82) is 0 Å². The van der Waals surface area contributed by atoms with Crippen LogP contribution in [0.2, 0.25) is 0 Å². The first-order valence-corrected chi connectivity index (χ1v) is 6.93. The minimum Gasteiger partial charge on any atom is -0.375 e. The largest absolute Gasteiger partial charge is 0.386 e. The lowest BCUT2D eigenvalue weighted by atomic mass is 10.2. The highest BCUT2D eigenvalue weighted by Crippen LogP contribution is 2.24. The summed E-state index contributed by atoms with van der Waals surface area (Å²) < 4.78 is 5.82. The molecule has 0 aliphatic carbocycles. The number of nitro groups is 1. The number of ether oxygens (including phenoxy) is 1. The number of pyridine rings is 1. The number of rotatable bonds is 4. The van der Waals surface area contributed by atoms with Gasteiger partial charge in [0.2, 0.25) is 0 Å². The highest BCUT2D eigenvalue weighted by Gasteiger charge is 2.32. The Balaban J connectivity index is 1.58. The first-order valence-electron chi connectivity index (χ1n) is 6.93. The molecule has 1 N–H and O–H groups in total. The van der Waals surface area contributed by atoms with E-state index in [0.717, 1.165) is 19.7 Å². The Bertz CT molecular complexity index is 496. The SMILES string of the molecule is O=[N+]([O-])c1ncccc1NCC1CN2CCCC2CO1. The van der Waals surface area contributed by atoms with Gasteiger partial charge in [-0.05, 0) is 41.4 Å². The summed E-state index contributed by atoms with van der Waals surface area (Å²) in [5.74, 6) is -0.137. The number of morpholine rings is 1. The monoisotopic (exact) mass is 278 g/mol. The van der Waals surface area contributed by atoms with Crippen LogP contribution >= 0.6 is 0 Å². The molecule has 1 aromatic heterocycles. The van der Waals surface area contributed by atoms with Crippen molar-refractivity contribution < 1.29 is 9.66 Å². The Labute approximate surface area is 117 Å². The van der Waals surface area contributed by atoms with Crippen molar-refractivity contribution in [3.63, 3.8) is 0 Å². The zero-order chi connectivity index (χ0) is 13.9. The molecule has 0 saturated carbocycles. The lowest BCUT2D eigenvalue weighted by Crippen LogP contribution is -2.48. The van der Waals surface area contributed by atoms with Crippen molar-refractivity contribution in [2.75, 3.05) is 31.6 Å². The van der Waals surface area contributed by atoms with E-state index >= 15 is 0 Å². The first-order chi connectivity index (χ1) is 9.74. The van der Waals surface area contributed by atoms with Crippen molar-refractivity contribution in [3.05, 3.63) is 28.4 Å². The molecule has 7 heteroatoms. The predicted octanol–water partition coefficient (Wildman–Crippen LogP) is 1.26. The molecule has 7 nitrogen and oxygen atoms in total. The van der Waals surface area contributed by atoms with Gasteiger partial charge in [0.15, 0.2) is 0 Å². The Morgan fingerprint density at radius 3 is 3.35 bits per heavy atom. The van der Waals surface area contributed by atoms with Crippen molar-refractivity contribution in [2.24, 2.45) is 0 Å². The van der Waals surface area contributed by atoms with Gasteiger partial charge in [0.25, 0.3) is 0 Å². The van der Waals surface area contributed by atoms with E-state index in [1.165, 1.54) is 19.0 Å². The molecule has 0 aromatic carbocycles. The van der Waals surface area contributed by atoms with Crippen LogP contribution in [0.4, 0.5) is 11.5 Å². The van der Waals surface area contributed by atoms with Gasteiger partial charge in [0.05, 0.1) is 12.7 Å². The van der Waals surface area contributed by atoms with E-state index in [1.807, 2.05) is 0 Å². The van der Waals surface area contributed by atoms with Crippen molar-refractivity contribution in [2.45, 2.75) is 25.0 Å². The second-order valence-electron chi connectivity index (χ2n) is 5.26. The van der Waals surface area contributed by atoms with Gasteiger partial charge in [0, 0.05) is 19.1 Å². The lowest BCUT2D eigenvalue weighted by molar-refractivity contribution is -0.388. The van der Waals surface area contributed by atoms with Gasteiger partial charge in [-0.25, -0.2) is 0 Å². The fraction of sp³-hybridized carbons (Fsp3) is 0.615. The topological polar surface area (TPSA) is 80.5 Å². The minimum absolute atomic E-state index is 0.0733. The van der Waals surface area contributed by atoms with Crippen LogP contribution in [0.3, 0.4) is 0 Å². The van der Waals surface area contributed by atoms with E-state index in [1.54, 1.807) is 12.1 Å². The zero-order valence-electron chi connectivity index (χ0n) is 11.2. The summed E-state index contributed by atoms with van der Waals surface area (Å²) in [6, 6.07) is 3.93. The van der Waals surface area contributed by atoms with Gasteiger partial charge in [-0.15, -0.1) is 0 Å². The molecule has 0 radical (unpaired) electrons. The van der Waals surface area contributed by atoms with E-state index in [9.17, 15) is 10.1 Å². The highest BCUT2D eigenvalue weighted by molar-refractivity contribution is 5.56. The molecule has 2 fully saturated rings. The zero-order valence-corrected chi connectivity index (χ0v) is 11.2. The third-order valence-electron chi connectivity index (χ3n) is 3.94. The van der Waals surface area contributed by atoms with Gasteiger partial charge in [0.1, 0.15) is 11.9 Å². The first kappa shape index (κ1) is 13.3. The van der Waals surface area contributed by atoms with E-state index in [4.69, 9.17) is 4.74 Å². The molecule has 0 bridgehead atoms. The van der Waals surface area contributed by atoms with Gasteiger partial charge in [-0.3, -0.25) is 4.90 Å². The van der Waals surface area contributed by atoms with Gasteiger partial charge in [-0.2, -0.15) is 0 Å². The normalized spacial score (nSPS) is 26.2. The standard InChI is InChI=1S/C13H18N4O3/c18-17(19)13-12(4-1-5-14-13)15-7-11-8-16-6-2-3-10(16)9-20-11/h1,4-5,10-11,15H,2-3,6-9H2. The van der Waals surface area contributed by atoms with Crippen LogP contribution in [0, 0.1) is 10.1 Å². The molecule has 0 spiro atoms. The summed E-state index contributed by atoms with van der Waals surface area (Å²) in [5.41, 5.74) is 0.449. The number of hydrogen-bond donors (Lipinski definition) is 1. The Morgan fingerprint density at radius 1 is 1.60 bits per heavy atom. The summed E-state index contributed by atoms with van der Waals surface area (Å²) >= 11 is 0. The maximum Gasteiger partial charge on any atom is 0.386 e.